The summed E-state index contributed by atoms with van der Waals surface area (Å²) in [6.45, 7) is 5.41. The fourth-order valence-electron chi connectivity index (χ4n) is 4.85. The monoisotopic (exact) mass is 432 g/mol. The Labute approximate surface area is 189 Å². The average Bonchev–Trinajstić information content (AvgIpc) is 3.56. The Kier molecular flexibility index (Phi) is 6.73. The van der Waals surface area contributed by atoms with Crippen LogP contribution >= 0.6 is 0 Å². The van der Waals surface area contributed by atoms with Crippen LogP contribution in [-0.4, -0.2) is 21.1 Å². The first-order chi connectivity index (χ1) is 15.6. The summed E-state index contributed by atoms with van der Waals surface area (Å²) in [5.74, 6) is 1.61. The third-order valence-electron chi connectivity index (χ3n) is 6.58. The first-order valence-corrected chi connectivity index (χ1v) is 11.9. The predicted molar refractivity (Wildman–Crippen MR) is 125 cm³/mol. The van der Waals surface area contributed by atoms with Crippen molar-refractivity contribution in [2.45, 2.75) is 71.1 Å². The molecule has 2 saturated carbocycles. The number of pyridine rings is 1. The molecule has 5 heteroatoms. The van der Waals surface area contributed by atoms with Crippen LogP contribution in [0, 0.1) is 5.92 Å². The highest BCUT2D eigenvalue weighted by atomic mass is 16.5. The van der Waals surface area contributed by atoms with Gasteiger partial charge in [0, 0.05) is 12.8 Å². The summed E-state index contributed by atoms with van der Waals surface area (Å²) in [7, 11) is 0. The van der Waals surface area contributed by atoms with Crippen LogP contribution in [0.3, 0.4) is 0 Å². The zero-order chi connectivity index (χ0) is 22.7. The third kappa shape index (κ3) is 4.62. The van der Waals surface area contributed by atoms with Gasteiger partial charge in [0.15, 0.2) is 5.78 Å². The number of carbonyl (C=O) groups excluding carboxylic acids is 2. The highest BCUT2D eigenvalue weighted by Gasteiger charge is 2.34. The second-order valence-electron chi connectivity index (χ2n) is 8.68. The lowest BCUT2D eigenvalue weighted by molar-refractivity contribution is -0.131. The lowest BCUT2D eigenvalue weighted by Gasteiger charge is -2.28. The van der Waals surface area contributed by atoms with Gasteiger partial charge in [0.25, 0.3) is 0 Å². The van der Waals surface area contributed by atoms with Crippen molar-refractivity contribution in [3.05, 3.63) is 65.7 Å². The van der Waals surface area contributed by atoms with Gasteiger partial charge in [0.1, 0.15) is 5.75 Å². The van der Waals surface area contributed by atoms with Crippen molar-refractivity contribution >= 4 is 17.3 Å². The number of aromatic nitrogens is 2. The fourth-order valence-corrected chi connectivity index (χ4v) is 4.85. The molecule has 0 aliphatic heterocycles. The largest absolute Gasteiger partial charge is 0.427 e. The van der Waals surface area contributed by atoms with Gasteiger partial charge in [-0.1, -0.05) is 32.0 Å². The second kappa shape index (κ2) is 9.68. The van der Waals surface area contributed by atoms with E-state index in [9.17, 15) is 9.59 Å². The number of nitrogens with zero attached hydrogens (tertiary/aromatic N) is 2. The van der Waals surface area contributed by atoms with Crippen LogP contribution in [0.1, 0.15) is 92.7 Å². The Morgan fingerprint density at radius 1 is 0.906 bits per heavy atom. The van der Waals surface area contributed by atoms with Gasteiger partial charge in [-0.05, 0) is 79.7 Å². The minimum atomic E-state index is -0.305. The number of carbonyl (C=O) groups is 2. The van der Waals surface area contributed by atoms with Crippen LogP contribution in [0.5, 0.6) is 5.75 Å². The van der Waals surface area contributed by atoms with Crippen LogP contribution in [0.15, 0.2) is 48.9 Å². The summed E-state index contributed by atoms with van der Waals surface area (Å²) in [5, 5.41) is 0. The van der Waals surface area contributed by atoms with Crippen molar-refractivity contribution in [1.29, 1.82) is 0 Å². The number of Topliss-reactive ketones (excluding diaryl/α,β-unsaturated/α-hetero) is 1. The maximum atomic E-state index is 13.6. The van der Waals surface area contributed by atoms with Crippen LogP contribution in [-0.2, 0) is 4.79 Å². The normalized spacial score (nSPS) is 20.3. The number of esters is 1. The van der Waals surface area contributed by atoms with E-state index < -0.39 is 0 Å². The molecule has 0 unspecified atom stereocenters. The van der Waals surface area contributed by atoms with E-state index in [0.29, 0.717) is 17.6 Å². The van der Waals surface area contributed by atoms with E-state index in [2.05, 4.69) is 17.1 Å². The smallest absolute Gasteiger partial charge is 0.308 e. The van der Waals surface area contributed by atoms with E-state index in [4.69, 9.17) is 4.74 Å². The van der Waals surface area contributed by atoms with Crippen LogP contribution in [0.2, 0.25) is 0 Å². The van der Waals surface area contributed by atoms with Crippen LogP contribution in [0.4, 0.5) is 0 Å². The van der Waals surface area contributed by atoms with Gasteiger partial charge >= 0.3 is 5.97 Å². The minimum Gasteiger partial charge on any atom is -0.427 e. The molecule has 5 nitrogen and oxygen atoms in total. The average molecular weight is 433 g/mol. The number of hydrogen-bond acceptors (Lipinski definition) is 4. The van der Waals surface area contributed by atoms with Gasteiger partial charge < -0.3 is 4.74 Å². The molecule has 0 saturated heterocycles. The summed E-state index contributed by atoms with van der Waals surface area (Å²) in [5.41, 5.74) is 4.31. The number of benzene rings is 1. The quantitative estimate of drug-likeness (QED) is 0.269. The molecule has 0 radical (unpaired) electrons. The van der Waals surface area contributed by atoms with E-state index in [1.807, 2.05) is 48.7 Å². The molecule has 0 spiro atoms. The lowest BCUT2D eigenvalue weighted by Crippen LogP contribution is -2.24. The summed E-state index contributed by atoms with van der Waals surface area (Å²) >= 11 is 0. The zero-order valence-corrected chi connectivity index (χ0v) is 19.2. The number of imidazole rings is 1. The van der Waals surface area contributed by atoms with Gasteiger partial charge in [-0.15, -0.1) is 0 Å². The minimum absolute atomic E-state index is 0.0760. The van der Waals surface area contributed by atoms with Crippen molar-refractivity contribution < 1.29 is 14.3 Å². The van der Waals surface area contributed by atoms with Crippen molar-refractivity contribution in [2.75, 3.05) is 0 Å². The van der Waals surface area contributed by atoms with E-state index in [1.165, 1.54) is 30.9 Å². The molecule has 2 aromatic heterocycles. The van der Waals surface area contributed by atoms with Gasteiger partial charge in [-0.3, -0.25) is 14.0 Å². The highest BCUT2D eigenvalue weighted by Crippen LogP contribution is 2.44. The Morgan fingerprint density at radius 3 is 2.19 bits per heavy atom. The number of ketones is 1. The van der Waals surface area contributed by atoms with Gasteiger partial charge in [-0.2, -0.15) is 0 Å². The Morgan fingerprint density at radius 2 is 1.56 bits per heavy atom. The first-order valence-electron chi connectivity index (χ1n) is 11.9. The summed E-state index contributed by atoms with van der Waals surface area (Å²) in [6.07, 6.45) is 9.78. The van der Waals surface area contributed by atoms with Crippen molar-refractivity contribution in [1.82, 2.24) is 9.38 Å². The molecule has 32 heavy (non-hydrogen) atoms. The highest BCUT2D eigenvalue weighted by molar-refractivity contribution is 5.98. The van der Waals surface area contributed by atoms with E-state index in [-0.39, 0.29) is 17.7 Å². The fraction of sp³-hybridized carbons (Fsp3) is 0.444. The Balaban J connectivity index is 0.00000119. The Hall–Kier alpha value is -2.95. The van der Waals surface area contributed by atoms with Crippen molar-refractivity contribution in [3.8, 4) is 5.75 Å². The molecule has 0 N–H and O–H groups in total. The molecule has 0 amide bonds. The van der Waals surface area contributed by atoms with Crippen molar-refractivity contribution in [2.24, 2.45) is 5.92 Å². The SMILES string of the molecule is CC.CC(=O)Oc1ccc(C2CCC(C(=O)c3c(C4CC4)ccc4cncn34)CC2)cc1. The molecular formula is C27H32N2O3. The van der Waals surface area contributed by atoms with Crippen LogP contribution < -0.4 is 4.74 Å². The zero-order valence-electron chi connectivity index (χ0n) is 19.2. The molecule has 0 bridgehead atoms. The molecule has 2 fully saturated rings. The molecule has 5 rings (SSSR count). The number of ether oxygens (including phenoxy) is 1. The van der Waals surface area contributed by atoms with E-state index >= 15 is 0 Å². The number of rotatable bonds is 5. The van der Waals surface area contributed by atoms with E-state index in [0.717, 1.165) is 36.9 Å². The summed E-state index contributed by atoms with van der Waals surface area (Å²) in [4.78, 5) is 28.9. The van der Waals surface area contributed by atoms with Crippen molar-refractivity contribution in [3.63, 3.8) is 0 Å². The topological polar surface area (TPSA) is 60.7 Å². The lowest BCUT2D eigenvalue weighted by atomic mass is 9.76. The Bertz CT molecular complexity index is 1090. The van der Waals surface area contributed by atoms with Crippen LogP contribution in [0.25, 0.3) is 5.52 Å². The number of hydrogen-bond donors (Lipinski definition) is 0. The molecule has 1 aromatic carbocycles. The number of fused-ring (bicyclic) bond motifs is 1. The van der Waals surface area contributed by atoms with Gasteiger partial charge in [0.05, 0.1) is 23.7 Å². The second-order valence-corrected chi connectivity index (χ2v) is 8.68. The summed E-state index contributed by atoms with van der Waals surface area (Å²) < 4.78 is 7.12. The molecule has 0 atom stereocenters. The molecule has 3 aromatic rings. The van der Waals surface area contributed by atoms with Gasteiger partial charge in [-0.25, -0.2) is 4.98 Å². The predicted octanol–water partition coefficient (Wildman–Crippen LogP) is 6.32. The molecular weight excluding hydrogens is 400 g/mol. The standard InChI is InChI=1S/C25H26N2O3.C2H6/c1-16(28)30-22-11-8-18(9-12-22)17-2-6-20(7-3-17)25(29)24-23(19-4-5-19)13-10-21-14-26-15-27(21)24;1-2/h8-15,17,19-20H,2-7H2,1H3;1-2H3. The maximum Gasteiger partial charge on any atom is 0.308 e. The summed E-state index contributed by atoms with van der Waals surface area (Å²) in [6, 6.07) is 12.0. The maximum absolute atomic E-state index is 13.6. The van der Waals surface area contributed by atoms with Gasteiger partial charge in [0.2, 0.25) is 0 Å². The molecule has 2 aliphatic rings. The molecule has 168 valence electrons. The molecule has 2 aliphatic carbocycles. The first kappa shape index (κ1) is 22.3. The van der Waals surface area contributed by atoms with E-state index in [1.54, 1.807) is 6.33 Å². The molecule has 2 heterocycles. The third-order valence-corrected chi connectivity index (χ3v) is 6.58.